The van der Waals surface area contributed by atoms with Crippen molar-refractivity contribution in [2.24, 2.45) is 7.05 Å². The minimum absolute atomic E-state index is 0.283. The van der Waals surface area contributed by atoms with Crippen molar-refractivity contribution < 1.29 is 0 Å². The Labute approximate surface area is 108 Å². The first-order chi connectivity index (χ1) is 8.74. The third-order valence-corrected chi connectivity index (χ3v) is 3.63. The molecule has 90 valence electrons. The molecule has 3 aromatic rings. The van der Waals surface area contributed by atoms with Crippen LogP contribution in [0.2, 0.25) is 0 Å². The minimum Gasteiger partial charge on any atom is -0.368 e. The highest BCUT2D eigenvalue weighted by Crippen LogP contribution is 2.30. The lowest BCUT2D eigenvalue weighted by Gasteiger charge is -2.05. The number of nitrogens with two attached hydrogens (primary N) is 1. The van der Waals surface area contributed by atoms with Crippen LogP contribution in [0.25, 0.3) is 10.9 Å². The van der Waals surface area contributed by atoms with Gasteiger partial charge in [0.25, 0.3) is 0 Å². The Balaban J connectivity index is 2.14. The maximum Gasteiger partial charge on any atom is 0.221 e. The number of para-hydroxylation sites is 1. The molecule has 1 aromatic carbocycles. The monoisotopic (exact) mass is 257 g/mol. The molecule has 0 aliphatic carbocycles. The Morgan fingerprint density at radius 1 is 1.22 bits per heavy atom. The smallest absolute Gasteiger partial charge is 0.221 e. The molecule has 0 spiro atoms. The summed E-state index contributed by atoms with van der Waals surface area (Å²) in [4.78, 5) is 12.8. The summed E-state index contributed by atoms with van der Waals surface area (Å²) in [5.41, 5.74) is 6.58. The van der Waals surface area contributed by atoms with E-state index in [-0.39, 0.29) is 5.95 Å². The lowest BCUT2D eigenvalue weighted by molar-refractivity contribution is 0.789. The van der Waals surface area contributed by atoms with Crippen LogP contribution in [0.3, 0.4) is 0 Å². The van der Waals surface area contributed by atoms with E-state index in [0.29, 0.717) is 0 Å². The van der Waals surface area contributed by atoms with Crippen molar-refractivity contribution in [2.75, 3.05) is 5.73 Å². The highest BCUT2D eigenvalue weighted by Gasteiger charge is 2.09. The molecule has 0 fully saturated rings. The molecule has 6 heteroatoms. The molecule has 18 heavy (non-hydrogen) atoms. The van der Waals surface area contributed by atoms with Crippen LogP contribution in [0.15, 0.2) is 46.8 Å². The fourth-order valence-corrected chi connectivity index (χ4v) is 2.59. The number of nitrogen functional groups attached to an aromatic ring is 1. The predicted octanol–water partition coefficient (Wildman–Crippen LogP) is 2.10. The highest BCUT2D eigenvalue weighted by atomic mass is 32.2. The fraction of sp³-hybridized carbons (Fsp3) is 0.0833. The highest BCUT2D eigenvalue weighted by molar-refractivity contribution is 7.99. The summed E-state index contributed by atoms with van der Waals surface area (Å²) >= 11 is 1.49. The van der Waals surface area contributed by atoms with Gasteiger partial charge in [0, 0.05) is 24.8 Å². The molecular weight excluding hydrogens is 246 g/mol. The van der Waals surface area contributed by atoms with Crippen LogP contribution in [0, 0.1) is 0 Å². The molecule has 2 aromatic heterocycles. The molecule has 0 saturated heterocycles. The Bertz CT molecular complexity index is 707. The molecule has 0 bridgehead atoms. The van der Waals surface area contributed by atoms with Crippen LogP contribution in [0.1, 0.15) is 0 Å². The van der Waals surface area contributed by atoms with E-state index < -0.39 is 0 Å². The van der Waals surface area contributed by atoms with Gasteiger partial charge < -0.3 is 10.3 Å². The van der Waals surface area contributed by atoms with E-state index in [1.807, 2.05) is 42.1 Å². The summed E-state index contributed by atoms with van der Waals surface area (Å²) in [7, 11) is 1.95. The third-order valence-electron chi connectivity index (χ3n) is 2.55. The summed E-state index contributed by atoms with van der Waals surface area (Å²) in [5, 5.41) is 2.69. The molecule has 3 rings (SSSR count). The average molecular weight is 257 g/mol. The molecule has 0 aliphatic heterocycles. The number of hydrogen-bond donors (Lipinski definition) is 1. The Morgan fingerprint density at radius 3 is 2.83 bits per heavy atom. The van der Waals surface area contributed by atoms with Gasteiger partial charge in [-0.3, -0.25) is 0 Å². The van der Waals surface area contributed by atoms with E-state index in [1.165, 1.54) is 11.8 Å². The van der Waals surface area contributed by atoms with Crippen molar-refractivity contribution in [3.63, 3.8) is 0 Å². The molecule has 2 heterocycles. The molecule has 5 nitrogen and oxygen atoms in total. The Hall–Kier alpha value is -2.08. The first-order valence-electron chi connectivity index (χ1n) is 5.41. The van der Waals surface area contributed by atoms with Crippen LogP contribution < -0.4 is 5.73 Å². The van der Waals surface area contributed by atoms with Gasteiger partial charge in [0.05, 0.1) is 5.52 Å². The van der Waals surface area contributed by atoms with Gasteiger partial charge in [0.2, 0.25) is 5.95 Å². The van der Waals surface area contributed by atoms with Gasteiger partial charge in [-0.15, -0.1) is 0 Å². The van der Waals surface area contributed by atoms with E-state index >= 15 is 0 Å². The van der Waals surface area contributed by atoms with Gasteiger partial charge in [-0.1, -0.05) is 18.2 Å². The quantitative estimate of drug-likeness (QED) is 0.712. The second kappa shape index (κ2) is 4.30. The number of nitrogens with zero attached hydrogens (tertiary/aromatic N) is 4. The van der Waals surface area contributed by atoms with Crippen LogP contribution in [-0.2, 0) is 7.05 Å². The lowest BCUT2D eigenvalue weighted by atomic mass is 10.2. The second-order valence-electron chi connectivity index (χ2n) is 3.83. The lowest BCUT2D eigenvalue weighted by Crippen LogP contribution is -1.98. The molecule has 0 unspecified atom stereocenters. The SMILES string of the molecule is Cn1ccnc1Sc1nc(N)nc2ccccc12. The number of imidazole rings is 1. The fourth-order valence-electron chi connectivity index (χ4n) is 1.68. The molecule has 0 aliphatic rings. The van der Waals surface area contributed by atoms with Crippen LogP contribution >= 0.6 is 11.8 Å². The number of aryl methyl sites for hydroxylation is 1. The average Bonchev–Trinajstić information content (AvgIpc) is 2.75. The van der Waals surface area contributed by atoms with Crippen LogP contribution in [0.5, 0.6) is 0 Å². The van der Waals surface area contributed by atoms with Crippen LogP contribution in [0.4, 0.5) is 5.95 Å². The summed E-state index contributed by atoms with van der Waals surface area (Å²) in [6, 6.07) is 7.81. The van der Waals surface area contributed by atoms with Crippen molar-refractivity contribution in [3.8, 4) is 0 Å². The zero-order valence-electron chi connectivity index (χ0n) is 9.74. The summed E-state index contributed by atoms with van der Waals surface area (Å²) in [6.07, 6.45) is 3.66. The molecule has 0 radical (unpaired) electrons. The number of rotatable bonds is 2. The van der Waals surface area contributed by atoms with Crippen molar-refractivity contribution in [3.05, 3.63) is 36.7 Å². The summed E-state index contributed by atoms with van der Waals surface area (Å²) in [6.45, 7) is 0. The van der Waals surface area contributed by atoms with Gasteiger partial charge in [-0.25, -0.2) is 15.0 Å². The molecule has 2 N–H and O–H groups in total. The maximum absolute atomic E-state index is 5.73. The number of fused-ring (bicyclic) bond motifs is 1. The molecule has 0 amide bonds. The minimum atomic E-state index is 0.283. The molecular formula is C12H11N5S. The molecule has 0 saturated carbocycles. The molecule has 0 atom stereocenters. The van der Waals surface area contributed by atoms with Gasteiger partial charge in [-0.05, 0) is 17.8 Å². The number of anilines is 1. The van der Waals surface area contributed by atoms with E-state index in [9.17, 15) is 0 Å². The number of aromatic nitrogens is 4. The Kier molecular flexibility index (Phi) is 2.64. The first-order valence-corrected chi connectivity index (χ1v) is 6.23. The normalized spacial score (nSPS) is 10.9. The zero-order valence-corrected chi connectivity index (χ0v) is 10.6. The number of benzene rings is 1. The standard InChI is InChI=1S/C12H11N5S/c1-17-7-6-14-12(17)18-10-8-4-2-3-5-9(8)15-11(13)16-10/h2-7H,1H3,(H2,13,15,16). The van der Waals surface area contributed by atoms with Crippen LogP contribution in [-0.4, -0.2) is 19.5 Å². The van der Waals surface area contributed by atoms with Gasteiger partial charge >= 0.3 is 0 Å². The third kappa shape index (κ3) is 1.91. The van der Waals surface area contributed by atoms with E-state index in [4.69, 9.17) is 5.73 Å². The van der Waals surface area contributed by atoms with Gasteiger partial charge in [-0.2, -0.15) is 0 Å². The largest absolute Gasteiger partial charge is 0.368 e. The van der Waals surface area contributed by atoms with Crippen molar-refractivity contribution >= 4 is 28.6 Å². The summed E-state index contributed by atoms with van der Waals surface area (Å²) in [5.74, 6) is 0.283. The maximum atomic E-state index is 5.73. The summed E-state index contributed by atoms with van der Waals surface area (Å²) < 4.78 is 1.94. The van der Waals surface area contributed by atoms with Crippen molar-refractivity contribution in [2.45, 2.75) is 10.2 Å². The van der Waals surface area contributed by atoms with E-state index in [2.05, 4.69) is 15.0 Å². The first kappa shape index (κ1) is 11.0. The number of hydrogen-bond acceptors (Lipinski definition) is 5. The van der Waals surface area contributed by atoms with Gasteiger partial charge in [0.1, 0.15) is 5.03 Å². The van der Waals surface area contributed by atoms with E-state index in [1.54, 1.807) is 6.20 Å². The van der Waals surface area contributed by atoms with E-state index in [0.717, 1.165) is 21.1 Å². The zero-order chi connectivity index (χ0) is 12.5. The topological polar surface area (TPSA) is 69.6 Å². The van der Waals surface area contributed by atoms with Crippen molar-refractivity contribution in [1.82, 2.24) is 19.5 Å². The van der Waals surface area contributed by atoms with Gasteiger partial charge in [0.15, 0.2) is 5.16 Å². The van der Waals surface area contributed by atoms with Crippen molar-refractivity contribution in [1.29, 1.82) is 0 Å². The Morgan fingerprint density at radius 2 is 2.06 bits per heavy atom. The predicted molar refractivity (Wildman–Crippen MR) is 71.3 cm³/mol. The second-order valence-corrected chi connectivity index (χ2v) is 4.78.